The number of nitrogens with zero attached hydrogens (tertiary/aromatic N) is 1. The van der Waals surface area contributed by atoms with Gasteiger partial charge >= 0.3 is 18.0 Å². The highest BCUT2D eigenvalue weighted by atomic mass is 16.7. The number of aliphatic hydroxyl groups excluding tert-OH is 1. The monoisotopic (exact) mass is 728 g/mol. The number of nitriles is 1. The van der Waals surface area contributed by atoms with Crippen molar-refractivity contribution in [2.45, 2.75) is 95.9 Å². The van der Waals surface area contributed by atoms with E-state index in [1.165, 1.54) is 43.5 Å². The van der Waals surface area contributed by atoms with Gasteiger partial charge in [-0.15, -0.1) is 13.2 Å². The van der Waals surface area contributed by atoms with E-state index in [0.29, 0.717) is 18.7 Å². The number of methoxy groups -OCH3 is 1. The van der Waals surface area contributed by atoms with E-state index in [1.807, 2.05) is 19.9 Å². The molecule has 0 spiro atoms. The van der Waals surface area contributed by atoms with Crippen molar-refractivity contribution in [2.75, 3.05) is 32.1 Å². The average Bonchev–Trinajstić information content (AvgIpc) is 3.13. The van der Waals surface area contributed by atoms with Gasteiger partial charge in [0.1, 0.15) is 6.10 Å². The summed E-state index contributed by atoms with van der Waals surface area (Å²) in [6.07, 6.45) is -2.85. The van der Waals surface area contributed by atoms with Crippen molar-refractivity contribution in [3.8, 4) is 6.07 Å². The SMILES string of the molecule is C=CC[C@H](CC(=O)NCCCC)C(=O)O[C@@H]1[C@H](OC(=O)[C@@H](CC=C)CC(=O)NCCCC)[C@@H](OC)O[C@H](CO)[C@H]1OC(=O)Nc1ccc(C#N)cc1. The maximum atomic E-state index is 13.8. The van der Waals surface area contributed by atoms with E-state index >= 15 is 0 Å². The van der Waals surface area contributed by atoms with E-state index in [0.717, 1.165) is 25.7 Å². The Morgan fingerprint density at radius 2 is 1.38 bits per heavy atom. The Morgan fingerprint density at radius 1 is 0.865 bits per heavy atom. The van der Waals surface area contributed by atoms with Crippen molar-refractivity contribution in [3.05, 3.63) is 55.1 Å². The van der Waals surface area contributed by atoms with Gasteiger partial charge in [-0.1, -0.05) is 38.8 Å². The minimum absolute atomic E-state index is 0.0457. The van der Waals surface area contributed by atoms with Gasteiger partial charge < -0.3 is 39.4 Å². The molecule has 1 aromatic rings. The second-order valence-electron chi connectivity index (χ2n) is 12.2. The van der Waals surface area contributed by atoms with Crippen LogP contribution in [0.4, 0.5) is 10.5 Å². The number of carbonyl (C=O) groups is 5. The minimum atomic E-state index is -1.63. The second-order valence-corrected chi connectivity index (χ2v) is 12.2. The zero-order valence-corrected chi connectivity index (χ0v) is 30.2. The molecule has 1 aliphatic rings. The molecule has 2 rings (SSSR count). The third-order valence-corrected chi connectivity index (χ3v) is 8.15. The zero-order valence-electron chi connectivity index (χ0n) is 30.2. The molecule has 1 saturated heterocycles. The summed E-state index contributed by atoms with van der Waals surface area (Å²) >= 11 is 0. The third-order valence-electron chi connectivity index (χ3n) is 8.15. The quantitative estimate of drug-likeness (QED) is 0.0583. The van der Waals surface area contributed by atoms with E-state index in [1.54, 1.807) is 0 Å². The number of rotatable bonds is 22. The molecule has 52 heavy (non-hydrogen) atoms. The van der Waals surface area contributed by atoms with E-state index < -0.39 is 73.1 Å². The van der Waals surface area contributed by atoms with E-state index in [2.05, 4.69) is 29.1 Å². The van der Waals surface area contributed by atoms with Gasteiger partial charge in [-0.2, -0.15) is 5.26 Å². The van der Waals surface area contributed by atoms with Gasteiger partial charge in [-0.25, -0.2) is 4.79 Å². The molecule has 3 amide bonds. The van der Waals surface area contributed by atoms with E-state index in [-0.39, 0.29) is 37.3 Å². The van der Waals surface area contributed by atoms with Crippen LogP contribution in [-0.4, -0.2) is 92.5 Å². The van der Waals surface area contributed by atoms with Crippen LogP contribution in [0.1, 0.15) is 70.8 Å². The Hall–Kier alpha value is -4.78. The maximum absolute atomic E-state index is 13.8. The number of aliphatic hydroxyl groups is 1. The molecule has 1 heterocycles. The first-order valence-corrected chi connectivity index (χ1v) is 17.5. The Bertz CT molecular complexity index is 1380. The highest BCUT2D eigenvalue weighted by Gasteiger charge is 2.53. The number of nitrogens with one attached hydrogen (secondary N) is 3. The number of esters is 2. The number of unbranched alkanes of at least 4 members (excludes halogenated alkanes) is 2. The molecule has 0 aliphatic carbocycles. The molecular weight excluding hydrogens is 676 g/mol. The number of allylic oxidation sites excluding steroid dienone is 2. The predicted octanol–water partition coefficient (Wildman–Crippen LogP) is 3.66. The van der Waals surface area contributed by atoms with Crippen LogP contribution in [-0.2, 0) is 42.9 Å². The summed E-state index contributed by atoms with van der Waals surface area (Å²) in [6, 6.07) is 7.85. The standard InChI is InChI=1S/C37H52N4O11/c1-6-10-18-39-29(43)20-25(12-8-3)34(45)50-32-31(52-37(47)41-27-16-14-24(22-38)15-17-27)28(23-42)49-36(48-5)33(32)51-35(46)26(13-9-4)21-30(44)40-19-11-7-2/h8-9,14-17,25-26,28,31-33,36,42H,3-4,6-7,10-13,18-21,23H2,1-2,5H3,(H,39,43)(H,40,44)(H,41,47)/t25-,26+,28-,31-,32+,33+,36+/m1/s1. The lowest BCUT2D eigenvalue weighted by Gasteiger charge is -2.44. The van der Waals surface area contributed by atoms with Crippen molar-refractivity contribution < 1.29 is 52.8 Å². The molecule has 15 heteroatoms. The van der Waals surface area contributed by atoms with Crippen LogP contribution in [0.5, 0.6) is 0 Å². The number of amides is 3. The predicted molar refractivity (Wildman–Crippen MR) is 189 cm³/mol. The average molecular weight is 729 g/mol. The molecule has 15 nitrogen and oxygen atoms in total. The topological polar surface area (TPSA) is 212 Å². The number of carbonyl (C=O) groups excluding carboxylic acids is 5. The lowest BCUT2D eigenvalue weighted by Crippen LogP contribution is -2.63. The summed E-state index contributed by atoms with van der Waals surface area (Å²) in [7, 11) is 1.24. The Kier molecular flexibility index (Phi) is 19.7. The molecule has 286 valence electrons. The Balaban J connectivity index is 2.48. The van der Waals surface area contributed by atoms with Crippen LogP contribution in [0, 0.1) is 23.2 Å². The van der Waals surface area contributed by atoms with Crippen LogP contribution >= 0.6 is 0 Å². The van der Waals surface area contributed by atoms with Crippen LogP contribution in [0.25, 0.3) is 0 Å². The maximum Gasteiger partial charge on any atom is 0.412 e. The zero-order chi connectivity index (χ0) is 38.5. The van der Waals surface area contributed by atoms with Crippen molar-refractivity contribution in [3.63, 3.8) is 0 Å². The first-order valence-electron chi connectivity index (χ1n) is 17.5. The Labute approximate surface area is 305 Å². The van der Waals surface area contributed by atoms with Gasteiger partial charge in [0.25, 0.3) is 0 Å². The van der Waals surface area contributed by atoms with Crippen molar-refractivity contribution in [1.29, 1.82) is 5.26 Å². The normalized spacial score (nSPS) is 20.6. The summed E-state index contributed by atoms with van der Waals surface area (Å²) in [5.74, 6) is -4.57. The van der Waals surface area contributed by atoms with E-state index in [4.69, 9.17) is 28.9 Å². The fraction of sp³-hybridized carbons (Fsp3) is 0.568. The van der Waals surface area contributed by atoms with Gasteiger partial charge in [0.2, 0.25) is 11.8 Å². The highest BCUT2D eigenvalue weighted by Crippen LogP contribution is 2.31. The molecule has 1 aromatic carbocycles. The van der Waals surface area contributed by atoms with Gasteiger partial charge in [0.05, 0.1) is 30.1 Å². The van der Waals surface area contributed by atoms with Gasteiger partial charge in [0.15, 0.2) is 24.6 Å². The van der Waals surface area contributed by atoms with Crippen LogP contribution in [0.3, 0.4) is 0 Å². The first-order chi connectivity index (χ1) is 25.0. The number of anilines is 1. The summed E-state index contributed by atoms with van der Waals surface area (Å²) in [4.78, 5) is 66.0. The van der Waals surface area contributed by atoms with E-state index in [9.17, 15) is 29.1 Å². The number of hydrogen-bond acceptors (Lipinski definition) is 12. The summed E-state index contributed by atoms with van der Waals surface area (Å²) in [5, 5.41) is 27.4. The molecule has 7 atom stereocenters. The molecule has 0 bridgehead atoms. The third kappa shape index (κ3) is 14.1. The van der Waals surface area contributed by atoms with Crippen molar-refractivity contribution in [1.82, 2.24) is 10.6 Å². The second kappa shape index (κ2) is 23.6. The van der Waals surface area contributed by atoms with Crippen molar-refractivity contribution >= 4 is 35.5 Å². The number of ether oxygens (including phenoxy) is 5. The fourth-order valence-corrected chi connectivity index (χ4v) is 5.31. The highest BCUT2D eigenvalue weighted by molar-refractivity contribution is 5.85. The van der Waals surface area contributed by atoms with Crippen LogP contribution in [0.2, 0.25) is 0 Å². The van der Waals surface area contributed by atoms with Gasteiger partial charge in [-0.05, 0) is 49.9 Å². The largest absolute Gasteiger partial charge is 0.454 e. The summed E-state index contributed by atoms with van der Waals surface area (Å²) < 4.78 is 28.8. The lowest BCUT2D eigenvalue weighted by atomic mass is 9.96. The number of hydrogen-bond donors (Lipinski definition) is 4. The minimum Gasteiger partial charge on any atom is -0.454 e. The molecule has 1 aliphatic heterocycles. The molecular formula is C37H52N4O11. The molecule has 0 aromatic heterocycles. The fourth-order valence-electron chi connectivity index (χ4n) is 5.31. The summed E-state index contributed by atoms with van der Waals surface area (Å²) in [5.41, 5.74) is 0.612. The first kappa shape index (κ1) is 43.4. The lowest BCUT2D eigenvalue weighted by molar-refractivity contribution is -0.300. The van der Waals surface area contributed by atoms with Crippen molar-refractivity contribution in [2.24, 2.45) is 11.8 Å². The smallest absolute Gasteiger partial charge is 0.412 e. The van der Waals surface area contributed by atoms with Gasteiger partial charge in [0, 0.05) is 38.7 Å². The molecule has 1 fully saturated rings. The molecule has 0 unspecified atom stereocenters. The Morgan fingerprint density at radius 3 is 1.83 bits per heavy atom. The van der Waals surface area contributed by atoms with Gasteiger partial charge in [-0.3, -0.25) is 24.5 Å². The molecule has 4 N–H and O–H groups in total. The van der Waals surface area contributed by atoms with Crippen LogP contribution in [0.15, 0.2) is 49.6 Å². The summed E-state index contributed by atoms with van der Waals surface area (Å²) in [6.45, 7) is 11.4. The molecule has 0 saturated carbocycles. The molecule has 0 radical (unpaired) electrons. The van der Waals surface area contributed by atoms with Crippen LogP contribution < -0.4 is 16.0 Å². The number of benzene rings is 1.